The van der Waals surface area contributed by atoms with E-state index in [1.54, 1.807) is 29.2 Å². The summed E-state index contributed by atoms with van der Waals surface area (Å²) in [5.41, 5.74) is 1.73. The lowest BCUT2D eigenvalue weighted by Gasteiger charge is -2.08. The molecule has 0 aliphatic rings. The van der Waals surface area contributed by atoms with Crippen molar-refractivity contribution in [1.29, 1.82) is 0 Å². The molecule has 0 aliphatic heterocycles. The molecule has 0 amide bonds. The van der Waals surface area contributed by atoms with Gasteiger partial charge < -0.3 is 5.11 Å². The van der Waals surface area contributed by atoms with Crippen molar-refractivity contribution in [3.05, 3.63) is 42.0 Å². The van der Waals surface area contributed by atoms with Gasteiger partial charge in [-0.15, -0.1) is 0 Å². The number of rotatable bonds is 4. The van der Waals surface area contributed by atoms with Crippen molar-refractivity contribution in [2.45, 2.75) is 20.3 Å². The number of hydrogen-bond acceptors (Lipinski definition) is 3. The van der Waals surface area contributed by atoms with E-state index < -0.39 is 5.97 Å². The molecular weight excluding hydrogens is 230 g/mol. The summed E-state index contributed by atoms with van der Waals surface area (Å²) >= 11 is 0. The number of carbonyl (C=O) groups is 1. The number of aromatic nitrogens is 3. The summed E-state index contributed by atoms with van der Waals surface area (Å²) in [6, 6.07) is 5.28. The number of carboxylic acid groups (broad SMARTS) is 1. The second kappa shape index (κ2) is 5.00. The Labute approximate surface area is 105 Å². The summed E-state index contributed by atoms with van der Waals surface area (Å²) in [7, 11) is 0. The van der Waals surface area contributed by atoms with Gasteiger partial charge in [0, 0.05) is 11.9 Å². The summed E-state index contributed by atoms with van der Waals surface area (Å²) in [5, 5.41) is 13.1. The van der Waals surface area contributed by atoms with E-state index in [2.05, 4.69) is 23.9 Å². The van der Waals surface area contributed by atoms with E-state index in [1.165, 1.54) is 0 Å². The molecule has 0 saturated carbocycles. The number of carboxylic acids is 1. The molecule has 2 aromatic heterocycles. The first kappa shape index (κ1) is 12.3. The number of nitrogens with zero attached hydrogens (tertiary/aromatic N) is 3. The topological polar surface area (TPSA) is 68.0 Å². The highest BCUT2D eigenvalue weighted by Gasteiger charge is 2.15. The molecular formula is C13H15N3O2. The van der Waals surface area contributed by atoms with Gasteiger partial charge in [0.05, 0.1) is 11.9 Å². The molecule has 0 saturated heterocycles. The summed E-state index contributed by atoms with van der Waals surface area (Å²) in [4.78, 5) is 15.0. The SMILES string of the molecule is CC(C)Cc1cc(C(=O)O)nn1-c1cccnc1. The molecule has 0 bridgehead atoms. The van der Waals surface area contributed by atoms with Crippen LogP contribution in [0.5, 0.6) is 0 Å². The molecule has 0 aliphatic carbocycles. The number of aromatic carboxylic acids is 1. The summed E-state index contributed by atoms with van der Waals surface area (Å²) < 4.78 is 1.65. The van der Waals surface area contributed by atoms with Crippen molar-refractivity contribution < 1.29 is 9.90 Å². The maximum atomic E-state index is 11.0. The van der Waals surface area contributed by atoms with E-state index in [9.17, 15) is 4.79 Å². The molecule has 0 unspecified atom stereocenters. The summed E-state index contributed by atoms with van der Waals surface area (Å²) in [5.74, 6) is -0.582. The molecule has 5 nitrogen and oxygen atoms in total. The Morgan fingerprint density at radius 2 is 2.28 bits per heavy atom. The van der Waals surface area contributed by atoms with Gasteiger partial charge in [-0.1, -0.05) is 13.8 Å². The lowest BCUT2D eigenvalue weighted by atomic mass is 10.1. The van der Waals surface area contributed by atoms with Gasteiger partial charge in [0.15, 0.2) is 5.69 Å². The molecule has 5 heteroatoms. The third-order valence-electron chi connectivity index (χ3n) is 2.51. The van der Waals surface area contributed by atoms with Crippen LogP contribution in [0.3, 0.4) is 0 Å². The minimum Gasteiger partial charge on any atom is -0.476 e. The molecule has 2 rings (SSSR count). The standard InChI is InChI=1S/C13H15N3O2/c1-9(2)6-11-7-12(13(17)18)15-16(11)10-4-3-5-14-8-10/h3-5,7-9H,6H2,1-2H3,(H,17,18). The Morgan fingerprint density at radius 1 is 1.50 bits per heavy atom. The Hall–Kier alpha value is -2.17. The molecule has 0 radical (unpaired) electrons. The molecule has 0 atom stereocenters. The van der Waals surface area contributed by atoms with Gasteiger partial charge in [-0.25, -0.2) is 9.48 Å². The predicted molar refractivity (Wildman–Crippen MR) is 66.9 cm³/mol. The summed E-state index contributed by atoms with van der Waals surface area (Å²) in [6.45, 7) is 4.17. The molecule has 0 spiro atoms. The fraction of sp³-hybridized carbons (Fsp3) is 0.308. The minimum absolute atomic E-state index is 0.0644. The number of hydrogen-bond donors (Lipinski definition) is 1. The zero-order valence-corrected chi connectivity index (χ0v) is 10.4. The molecule has 0 aromatic carbocycles. The Balaban J connectivity index is 2.47. The first-order valence-electron chi connectivity index (χ1n) is 5.80. The molecule has 18 heavy (non-hydrogen) atoms. The molecule has 1 N–H and O–H groups in total. The van der Waals surface area contributed by atoms with Crippen LogP contribution in [0.2, 0.25) is 0 Å². The lowest BCUT2D eigenvalue weighted by molar-refractivity contribution is 0.0690. The van der Waals surface area contributed by atoms with Gasteiger partial charge in [0.2, 0.25) is 0 Å². The largest absolute Gasteiger partial charge is 0.476 e. The first-order valence-corrected chi connectivity index (χ1v) is 5.80. The highest BCUT2D eigenvalue weighted by molar-refractivity contribution is 5.85. The normalized spacial score (nSPS) is 10.8. The monoisotopic (exact) mass is 245 g/mol. The first-order chi connectivity index (χ1) is 8.58. The van der Waals surface area contributed by atoms with Crippen LogP contribution in [0.25, 0.3) is 5.69 Å². The molecule has 0 fully saturated rings. The van der Waals surface area contributed by atoms with Crippen molar-refractivity contribution >= 4 is 5.97 Å². The van der Waals surface area contributed by atoms with E-state index >= 15 is 0 Å². The zero-order valence-electron chi connectivity index (χ0n) is 10.4. The van der Waals surface area contributed by atoms with Crippen LogP contribution in [0.15, 0.2) is 30.6 Å². The second-order valence-corrected chi connectivity index (χ2v) is 4.55. The van der Waals surface area contributed by atoms with Gasteiger partial charge in [-0.05, 0) is 30.5 Å². The third-order valence-corrected chi connectivity index (χ3v) is 2.51. The van der Waals surface area contributed by atoms with Crippen LogP contribution in [-0.2, 0) is 6.42 Å². The van der Waals surface area contributed by atoms with Crippen LogP contribution in [0.4, 0.5) is 0 Å². The minimum atomic E-state index is -1.01. The van der Waals surface area contributed by atoms with Crippen molar-refractivity contribution in [2.24, 2.45) is 5.92 Å². The van der Waals surface area contributed by atoms with Crippen LogP contribution in [-0.4, -0.2) is 25.8 Å². The van der Waals surface area contributed by atoms with Crippen LogP contribution < -0.4 is 0 Å². The van der Waals surface area contributed by atoms with E-state index in [4.69, 9.17) is 5.11 Å². The summed E-state index contributed by atoms with van der Waals surface area (Å²) in [6.07, 6.45) is 4.12. The molecule has 2 heterocycles. The van der Waals surface area contributed by atoms with Crippen LogP contribution >= 0.6 is 0 Å². The van der Waals surface area contributed by atoms with Crippen LogP contribution in [0.1, 0.15) is 30.0 Å². The third kappa shape index (κ3) is 2.56. The van der Waals surface area contributed by atoms with Crippen molar-refractivity contribution in [1.82, 2.24) is 14.8 Å². The second-order valence-electron chi connectivity index (χ2n) is 4.55. The fourth-order valence-corrected chi connectivity index (χ4v) is 1.79. The average molecular weight is 245 g/mol. The van der Waals surface area contributed by atoms with Crippen LogP contribution in [0, 0.1) is 5.92 Å². The highest BCUT2D eigenvalue weighted by atomic mass is 16.4. The Bertz CT molecular complexity index is 547. The Kier molecular flexibility index (Phi) is 3.41. The van der Waals surface area contributed by atoms with E-state index in [0.717, 1.165) is 17.8 Å². The van der Waals surface area contributed by atoms with Gasteiger partial charge in [-0.3, -0.25) is 4.98 Å². The van der Waals surface area contributed by atoms with Crippen molar-refractivity contribution in [3.8, 4) is 5.69 Å². The number of pyridine rings is 1. The van der Waals surface area contributed by atoms with Gasteiger partial charge in [-0.2, -0.15) is 5.10 Å². The average Bonchev–Trinajstić information content (AvgIpc) is 2.73. The van der Waals surface area contributed by atoms with Gasteiger partial charge >= 0.3 is 5.97 Å². The van der Waals surface area contributed by atoms with E-state index in [0.29, 0.717) is 5.92 Å². The van der Waals surface area contributed by atoms with Gasteiger partial charge in [0.25, 0.3) is 0 Å². The van der Waals surface area contributed by atoms with Crippen molar-refractivity contribution in [3.63, 3.8) is 0 Å². The van der Waals surface area contributed by atoms with E-state index in [1.807, 2.05) is 6.07 Å². The van der Waals surface area contributed by atoms with Crippen molar-refractivity contribution in [2.75, 3.05) is 0 Å². The van der Waals surface area contributed by atoms with E-state index in [-0.39, 0.29) is 5.69 Å². The Morgan fingerprint density at radius 3 is 2.83 bits per heavy atom. The molecule has 2 aromatic rings. The van der Waals surface area contributed by atoms with Gasteiger partial charge in [0.1, 0.15) is 0 Å². The molecule has 94 valence electrons. The quantitative estimate of drug-likeness (QED) is 0.896. The highest BCUT2D eigenvalue weighted by Crippen LogP contribution is 2.15. The predicted octanol–water partition coefficient (Wildman–Crippen LogP) is 2.16. The smallest absolute Gasteiger partial charge is 0.356 e. The fourth-order valence-electron chi connectivity index (χ4n) is 1.79. The zero-order chi connectivity index (χ0) is 13.1. The maximum absolute atomic E-state index is 11.0. The maximum Gasteiger partial charge on any atom is 0.356 e. The lowest BCUT2D eigenvalue weighted by Crippen LogP contribution is -2.06.